The Balaban J connectivity index is 0.00000338. The second-order valence-electron chi connectivity index (χ2n) is 6.68. The minimum atomic E-state index is -0.601. The van der Waals surface area contributed by atoms with Crippen LogP contribution in [0.25, 0.3) is 0 Å². The van der Waals surface area contributed by atoms with Crippen LogP contribution >= 0.6 is 24.0 Å². The number of para-hydroxylation sites is 1. The Hall–Kier alpha value is -1.06. The number of nitrogens with one attached hydrogen (secondary N) is 2. The standard InChI is InChI=1S/C19H31N3O3.HI/c1-4-20-19(21-11-15(23)13-24-12-14(2)3)22-17-9-10-25-18-8-6-5-7-16(17)18;/h5-8,14-15,17,23H,4,9-13H2,1-3H3,(H2,20,21,22);1H. The van der Waals surface area contributed by atoms with E-state index in [4.69, 9.17) is 9.47 Å². The Morgan fingerprint density at radius 3 is 2.85 bits per heavy atom. The number of guanidine groups is 1. The number of nitrogens with zero attached hydrogens (tertiary/aromatic N) is 1. The van der Waals surface area contributed by atoms with Crippen LogP contribution in [0.5, 0.6) is 5.75 Å². The lowest BCUT2D eigenvalue weighted by Crippen LogP contribution is -2.41. The largest absolute Gasteiger partial charge is 0.493 e. The van der Waals surface area contributed by atoms with Crippen molar-refractivity contribution in [2.24, 2.45) is 10.9 Å². The molecule has 0 radical (unpaired) electrons. The van der Waals surface area contributed by atoms with E-state index >= 15 is 0 Å². The molecular weight excluding hydrogens is 445 g/mol. The lowest BCUT2D eigenvalue weighted by molar-refractivity contribution is 0.0301. The molecule has 2 rings (SSSR count). The third-order valence-corrected chi connectivity index (χ3v) is 3.84. The van der Waals surface area contributed by atoms with Crippen molar-refractivity contribution in [1.29, 1.82) is 0 Å². The van der Waals surface area contributed by atoms with E-state index in [2.05, 4.69) is 35.5 Å². The van der Waals surface area contributed by atoms with Gasteiger partial charge in [0.15, 0.2) is 5.96 Å². The van der Waals surface area contributed by atoms with E-state index in [0.29, 0.717) is 38.2 Å². The highest BCUT2D eigenvalue weighted by molar-refractivity contribution is 14.0. The third kappa shape index (κ3) is 7.67. The van der Waals surface area contributed by atoms with E-state index < -0.39 is 6.10 Å². The molecule has 0 aliphatic carbocycles. The van der Waals surface area contributed by atoms with Crippen molar-refractivity contribution in [3.8, 4) is 5.75 Å². The first kappa shape index (κ1) is 23.0. The number of rotatable bonds is 8. The summed E-state index contributed by atoms with van der Waals surface area (Å²) in [6.07, 6.45) is 0.276. The Bertz CT molecular complexity index is 555. The fraction of sp³-hybridized carbons (Fsp3) is 0.632. The number of ether oxygens (including phenoxy) is 2. The van der Waals surface area contributed by atoms with Gasteiger partial charge in [-0.25, -0.2) is 0 Å². The van der Waals surface area contributed by atoms with Gasteiger partial charge in [0.05, 0.1) is 31.9 Å². The number of aliphatic hydroxyl groups excluding tert-OH is 1. The van der Waals surface area contributed by atoms with Crippen molar-refractivity contribution < 1.29 is 14.6 Å². The van der Waals surface area contributed by atoms with Gasteiger partial charge in [-0.3, -0.25) is 4.99 Å². The molecule has 3 N–H and O–H groups in total. The second-order valence-corrected chi connectivity index (χ2v) is 6.68. The maximum atomic E-state index is 10.0. The van der Waals surface area contributed by atoms with Gasteiger partial charge in [0.1, 0.15) is 5.75 Å². The number of aliphatic hydroxyl groups is 1. The molecule has 148 valence electrons. The molecule has 1 heterocycles. The first-order chi connectivity index (χ1) is 12.1. The molecule has 0 saturated carbocycles. The van der Waals surface area contributed by atoms with Crippen molar-refractivity contribution in [2.45, 2.75) is 39.3 Å². The molecule has 0 aromatic heterocycles. The van der Waals surface area contributed by atoms with E-state index in [0.717, 1.165) is 24.3 Å². The highest BCUT2D eigenvalue weighted by Gasteiger charge is 2.21. The summed E-state index contributed by atoms with van der Waals surface area (Å²) in [5.41, 5.74) is 1.14. The molecule has 7 heteroatoms. The molecule has 2 unspecified atom stereocenters. The number of aliphatic imine (C=N–C) groups is 1. The minimum Gasteiger partial charge on any atom is -0.493 e. The van der Waals surface area contributed by atoms with Crippen molar-refractivity contribution in [3.63, 3.8) is 0 Å². The number of benzene rings is 1. The summed E-state index contributed by atoms with van der Waals surface area (Å²) in [6, 6.07) is 8.21. The normalized spacial score (nSPS) is 17.7. The van der Waals surface area contributed by atoms with Gasteiger partial charge in [0, 0.05) is 25.1 Å². The van der Waals surface area contributed by atoms with Gasteiger partial charge in [-0.15, -0.1) is 24.0 Å². The lowest BCUT2D eigenvalue weighted by Gasteiger charge is -2.28. The van der Waals surface area contributed by atoms with Crippen LogP contribution in [0, 0.1) is 5.92 Å². The average molecular weight is 477 g/mol. The summed E-state index contributed by atoms with van der Waals surface area (Å²) in [5, 5.41) is 16.7. The highest BCUT2D eigenvalue weighted by Crippen LogP contribution is 2.31. The van der Waals surface area contributed by atoms with Gasteiger partial charge in [-0.2, -0.15) is 0 Å². The minimum absolute atomic E-state index is 0. The van der Waals surface area contributed by atoms with Crippen LogP contribution in [0.15, 0.2) is 29.3 Å². The molecule has 1 aromatic carbocycles. The summed E-state index contributed by atoms with van der Waals surface area (Å²) >= 11 is 0. The van der Waals surface area contributed by atoms with Crippen molar-refractivity contribution in [2.75, 3.05) is 32.9 Å². The van der Waals surface area contributed by atoms with E-state index in [1.54, 1.807) is 0 Å². The Kier molecular flexibility index (Phi) is 10.9. The third-order valence-electron chi connectivity index (χ3n) is 3.84. The number of fused-ring (bicyclic) bond motifs is 1. The summed E-state index contributed by atoms with van der Waals surface area (Å²) in [4.78, 5) is 4.50. The number of hydrogen-bond acceptors (Lipinski definition) is 4. The average Bonchev–Trinajstić information content (AvgIpc) is 2.60. The lowest BCUT2D eigenvalue weighted by atomic mass is 10.0. The molecule has 6 nitrogen and oxygen atoms in total. The zero-order chi connectivity index (χ0) is 18.1. The van der Waals surface area contributed by atoms with Crippen LogP contribution in [0.2, 0.25) is 0 Å². The molecule has 1 aliphatic rings. The van der Waals surface area contributed by atoms with Gasteiger partial charge in [0.2, 0.25) is 0 Å². The zero-order valence-corrected chi connectivity index (χ0v) is 18.2. The van der Waals surface area contributed by atoms with Gasteiger partial charge in [-0.1, -0.05) is 32.0 Å². The molecule has 1 aromatic rings. The molecule has 0 fully saturated rings. The monoisotopic (exact) mass is 477 g/mol. The topological polar surface area (TPSA) is 75.1 Å². The van der Waals surface area contributed by atoms with Crippen LogP contribution < -0.4 is 15.4 Å². The predicted octanol–water partition coefficient (Wildman–Crippen LogP) is 2.72. The molecule has 0 amide bonds. The van der Waals surface area contributed by atoms with Crippen molar-refractivity contribution >= 4 is 29.9 Å². The highest BCUT2D eigenvalue weighted by atomic mass is 127. The Morgan fingerprint density at radius 1 is 1.35 bits per heavy atom. The van der Waals surface area contributed by atoms with Crippen LogP contribution in [0.3, 0.4) is 0 Å². The van der Waals surface area contributed by atoms with E-state index in [9.17, 15) is 5.11 Å². The first-order valence-corrected chi connectivity index (χ1v) is 9.12. The van der Waals surface area contributed by atoms with E-state index in [1.807, 2.05) is 25.1 Å². The van der Waals surface area contributed by atoms with Crippen LogP contribution in [-0.4, -0.2) is 50.1 Å². The second kappa shape index (κ2) is 12.3. The fourth-order valence-electron chi connectivity index (χ4n) is 2.67. The summed E-state index contributed by atoms with van der Waals surface area (Å²) < 4.78 is 11.2. The molecule has 26 heavy (non-hydrogen) atoms. The van der Waals surface area contributed by atoms with Gasteiger partial charge in [0.25, 0.3) is 0 Å². The Morgan fingerprint density at radius 2 is 2.12 bits per heavy atom. The van der Waals surface area contributed by atoms with E-state index in [1.165, 1.54) is 0 Å². The van der Waals surface area contributed by atoms with Gasteiger partial charge in [-0.05, 0) is 18.9 Å². The Labute approximate surface area is 173 Å². The summed E-state index contributed by atoms with van der Waals surface area (Å²) in [5.74, 6) is 2.08. The zero-order valence-electron chi connectivity index (χ0n) is 15.9. The van der Waals surface area contributed by atoms with Crippen LogP contribution in [-0.2, 0) is 4.74 Å². The number of halogens is 1. The molecule has 0 saturated heterocycles. The van der Waals surface area contributed by atoms with Crippen molar-refractivity contribution in [1.82, 2.24) is 10.6 Å². The van der Waals surface area contributed by atoms with Gasteiger partial charge >= 0.3 is 0 Å². The maximum absolute atomic E-state index is 10.0. The van der Waals surface area contributed by atoms with Crippen molar-refractivity contribution in [3.05, 3.63) is 29.8 Å². The molecule has 0 spiro atoms. The summed E-state index contributed by atoms with van der Waals surface area (Å²) in [7, 11) is 0. The maximum Gasteiger partial charge on any atom is 0.191 e. The van der Waals surface area contributed by atoms with Crippen LogP contribution in [0.1, 0.15) is 38.8 Å². The molecule has 0 bridgehead atoms. The van der Waals surface area contributed by atoms with Gasteiger partial charge < -0.3 is 25.2 Å². The van der Waals surface area contributed by atoms with Crippen LogP contribution in [0.4, 0.5) is 0 Å². The first-order valence-electron chi connectivity index (χ1n) is 9.12. The quantitative estimate of drug-likeness (QED) is 0.305. The SMILES string of the molecule is CCNC(=NCC(O)COCC(C)C)NC1CCOc2ccccc21.I. The molecular formula is C19H32IN3O3. The smallest absolute Gasteiger partial charge is 0.191 e. The fourth-order valence-corrected chi connectivity index (χ4v) is 2.67. The number of hydrogen-bond donors (Lipinski definition) is 3. The molecule has 1 aliphatic heterocycles. The molecule has 2 atom stereocenters. The van der Waals surface area contributed by atoms with E-state index in [-0.39, 0.29) is 30.0 Å². The predicted molar refractivity (Wildman–Crippen MR) is 115 cm³/mol. The summed E-state index contributed by atoms with van der Waals surface area (Å²) in [6.45, 7) is 8.90.